The summed E-state index contributed by atoms with van der Waals surface area (Å²) >= 11 is 0. The molecular formula is C21H39ClN4O3. The van der Waals surface area contributed by atoms with E-state index in [0.29, 0.717) is 57.6 Å². The second-order valence-corrected chi connectivity index (χ2v) is 9.14. The first kappa shape index (κ1) is 25.9. The van der Waals surface area contributed by atoms with Gasteiger partial charge in [-0.3, -0.25) is 14.4 Å². The average Bonchev–Trinajstić information content (AvgIpc) is 2.71. The van der Waals surface area contributed by atoms with Crippen LogP contribution in [-0.2, 0) is 14.4 Å². The maximum absolute atomic E-state index is 12.9. The van der Waals surface area contributed by atoms with Crippen LogP contribution in [0.3, 0.4) is 0 Å². The number of carbonyl (C=O) groups excluding carboxylic acids is 3. The van der Waals surface area contributed by atoms with Crippen LogP contribution in [0, 0.1) is 23.7 Å². The largest absolute Gasteiger partial charge is 0.341 e. The predicted molar refractivity (Wildman–Crippen MR) is 116 cm³/mol. The first-order chi connectivity index (χ1) is 13.1. The zero-order valence-corrected chi connectivity index (χ0v) is 19.1. The summed E-state index contributed by atoms with van der Waals surface area (Å²) in [5.74, 6) is 0.560. The lowest BCUT2D eigenvalue weighted by molar-refractivity contribution is -0.140. The number of nitrogens with zero attached hydrogens (tertiary/aromatic N) is 2. The number of hydrogen-bond acceptors (Lipinski definition) is 5. The Labute approximate surface area is 181 Å². The van der Waals surface area contributed by atoms with Gasteiger partial charge in [0.15, 0.2) is 0 Å². The third kappa shape index (κ3) is 6.40. The van der Waals surface area contributed by atoms with Crippen molar-refractivity contribution in [3.8, 4) is 0 Å². The molecule has 0 spiro atoms. The molecule has 8 heteroatoms. The zero-order valence-electron chi connectivity index (χ0n) is 18.3. The number of carbonyl (C=O) groups is 3. The summed E-state index contributed by atoms with van der Waals surface area (Å²) in [6, 6.07) is -0.933. The van der Waals surface area contributed by atoms with E-state index in [1.54, 1.807) is 0 Å². The average molecular weight is 431 g/mol. The summed E-state index contributed by atoms with van der Waals surface area (Å²) in [5.41, 5.74) is 12.0. The van der Waals surface area contributed by atoms with Crippen LogP contribution in [0.5, 0.6) is 0 Å². The van der Waals surface area contributed by atoms with E-state index in [9.17, 15) is 14.4 Å². The number of ketones is 1. The van der Waals surface area contributed by atoms with Gasteiger partial charge >= 0.3 is 0 Å². The molecule has 2 heterocycles. The van der Waals surface area contributed by atoms with Crippen LogP contribution >= 0.6 is 12.4 Å². The van der Waals surface area contributed by atoms with E-state index >= 15 is 0 Å². The van der Waals surface area contributed by atoms with Crippen LogP contribution in [0.1, 0.15) is 53.4 Å². The highest BCUT2D eigenvalue weighted by Gasteiger charge is 2.36. The van der Waals surface area contributed by atoms with Gasteiger partial charge in [0.1, 0.15) is 5.78 Å². The molecule has 0 aromatic heterocycles. The van der Waals surface area contributed by atoms with Crippen molar-refractivity contribution in [2.75, 3.05) is 26.2 Å². The lowest BCUT2D eigenvalue weighted by Gasteiger charge is -2.37. The topological polar surface area (TPSA) is 110 Å². The Morgan fingerprint density at radius 1 is 0.690 bits per heavy atom. The first-order valence-electron chi connectivity index (χ1n) is 10.8. The van der Waals surface area contributed by atoms with Gasteiger partial charge in [0.05, 0.1) is 12.1 Å². The fourth-order valence-corrected chi connectivity index (χ4v) is 4.09. The Morgan fingerprint density at radius 3 is 1.21 bits per heavy atom. The van der Waals surface area contributed by atoms with Crippen LogP contribution in [-0.4, -0.2) is 65.7 Å². The lowest BCUT2D eigenvalue weighted by atomic mass is 9.81. The van der Waals surface area contributed by atoms with Crippen molar-refractivity contribution in [1.82, 2.24) is 9.80 Å². The molecule has 0 bridgehead atoms. The number of Topliss-reactive ketones (excluding diaryl/α,β-unsaturated/α-hetero) is 1. The van der Waals surface area contributed by atoms with Gasteiger partial charge in [0.2, 0.25) is 11.8 Å². The Hall–Kier alpha value is -1.18. The van der Waals surface area contributed by atoms with Crippen molar-refractivity contribution in [3.63, 3.8) is 0 Å². The van der Waals surface area contributed by atoms with Gasteiger partial charge in [0.25, 0.3) is 0 Å². The summed E-state index contributed by atoms with van der Waals surface area (Å²) in [6.45, 7) is 10.2. The summed E-state index contributed by atoms with van der Waals surface area (Å²) in [7, 11) is 0. The molecule has 0 radical (unpaired) electrons. The molecule has 2 atom stereocenters. The van der Waals surface area contributed by atoms with Gasteiger partial charge in [-0.2, -0.15) is 0 Å². The van der Waals surface area contributed by atoms with E-state index in [1.807, 2.05) is 37.5 Å². The van der Waals surface area contributed by atoms with Gasteiger partial charge in [-0.1, -0.05) is 27.7 Å². The highest BCUT2D eigenvalue weighted by molar-refractivity contribution is 5.86. The molecule has 4 N–H and O–H groups in total. The molecule has 2 fully saturated rings. The number of likely N-dealkylation sites (tertiary alicyclic amines) is 2. The van der Waals surface area contributed by atoms with Gasteiger partial charge in [-0.15, -0.1) is 12.4 Å². The quantitative estimate of drug-likeness (QED) is 0.662. The smallest absolute Gasteiger partial charge is 0.239 e. The maximum atomic E-state index is 12.9. The molecule has 29 heavy (non-hydrogen) atoms. The highest BCUT2D eigenvalue weighted by Crippen LogP contribution is 2.28. The molecule has 2 rings (SSSR count). The highest BCUT2D eigenvalue weighted by atomic mass is 35.5. The Balaban J connectivity index is 0.00000420. The van der Waals surface area contributed by atoms with E-state index in [1.165, 1.54) is 0 Å². The minimum absolute atomic E-state index is 0. The second-order valence-electron chi connectivity index (χ2n) is 9.14. The van der Waals surface area contributed by atoms with Crippen LogP contribution in [0.15, 0.2) is 0 Å². The summed E-state index contributed by atoms with van der Waals surface area (Å²) in [6.07, 6.45) is 2.86. The summed E-state index contributed by atoms with van der Waals surface area (Å²) in [4.78, 5) is 41.3. The Morgan fingerprint density at radius 2 is 0.966 bits per heavy atom. The number of piperidine rings is 2. The third-order valence-electron chi connectivity index (χ3n) is 6.42. The molecule has 0 saturated carbocycles. The monoisotopic (exact) mass is 430 g/mol. The van der Waals surface area contributed by atoms with Crippen molar-refractivity contribution in [1.29, 1.82) is 0 Å². The summed E-state index contributed by atoms with van der Waals surface area (Å²) < 4.78 is 0. The van der Waals surface area contributed by atoms with Gasteiger partial charge in [-0.25, -0.2) is 0 Å². The first-order valence-corrected chi connectivity index (χ1v) is 10.8. The third-order valence-corrected chi connectivity index (χ3v) is 6.42. The number of hydrogen-bond donors (Lipinski definition) is 2. The maximum Gasteiger partial charge on any atom is 0.239 e. The number of halogens is 1. The van der Waals surface area contributed by atoms with Crippen LogP contribution in [0.25, 0.3) is 0 Å². The number of rotatable bonds is 6. The Kier molecular flexibility index (Phi) is 10.1. The molecular weight excluding hydrogens is 392 g/mol. The van der Waals surface area contributed by atoms with Gasteiger partial charge in [-0.05, 0) is 37.5 Å². The van der Waals surface area contributed by atoms with Crippen molar-refractivity contribution >= 4 is 30.0 Å². The van der Waals surface area contributed by atoms with E-state index in [2.05, 4.69) is 0 Å². The SMILES string of the molecule is CC(C)C(N)C(=O)N1CCC(C(=O)C2CCN(C(=O)C(N)C(C)C)CC2)CC1.Cl. The van der Waals surface area contributed by atoms with E-state index < -0.39 is 12.1 Å². The van der Waals surface area contributed by atoms with E-state index in [4.69, 9.17) is 11.5 Å². The van der Waals surface area contributed by atoms with Crippen molar-refractivity contribution in [2.24, 2.45) is 35.1 Å². The lowest BCUT2D eigenvalue weighted by Crippen LogP contribution is -2.51. The molecule has 0 aliphatic carbocycles. The minimum atomic E-state index is -0.466. The standard InChI is InChI=1S/C21H38N4O3.ClH/c1-13(2)17(22)20(27)24-9-5-15(6-10-24)19(26)16-7-11-25(12-8-16)21(28)18(23)14(3)4;/h13-18H,5-12,22-23H2,1-4H3;1H. The summed E-state index contributed by atoms with van der Waals surface area (Å²) in [5, 5.41) is 0. The van der Waals surface area contributed by atoms with Crippen molar-refractivity contribution in [2.45, 2.75) is 65.5 Å². The normalized spacial score (nSPS) is 21.1. The molecule has 0 aromatic rings. The van der Waals surface area contributed by atoms with Crippen LogP contribution in [0.2, 0.25) is 0 Å². The predicted octanol–water partition coefficient (Wildman–Crippen LogP) is 1.42. The fourth-order valence-electron chi connectivity index (χ4n) is 4.09. The fraction of sp³-hybridized carbons (Fsp3) is 0.857. The molecule has 7 nitrogen and oxygen atoms in total. The van der Waals surface area contributed by atoms with Crippen LogP contribution in [0.4, 0.5) is 0 Å². The van der Waals surface area contributed by atoms with Crippen molar-refractivity contribution < 1.29 is 14.4 Å². The number of nitrogens with two attached hydrogens (primary N) is 2. The van der Waals surface area contributed by atoms with E-state index in [0.717, 1.165) is 0 Å². The van der Waals surface area contributed by atoms with E-state index in [-0.39, 0.29) is 47.9 Å². The number of amides is 2. The molecule has 0 aromatic carbocycles. The molecule has 2 amide bonds. The van der Waals surface area contributed by atoms with Gasteiger partial charge < -0.3 is 21.3 Å². The zero-order chi connectivity index (χ0) is 21.0. The van der Waals surface area contributed by atoms with Crippen LogP contribution < -0.4 is 11.5 Å². The molecule has 2 unspecified atom stereocenters. The minimum Gasteiger partial charge on any atom is -0.341 e. The second kappa shape index (κ2) is 11.3. The molecule has 2 saturated heterocycles. The molecule has 2 aliphatic rings. The van der Waals surface area contributed by atoms with Gasteiger partial charge in [0, 0.05) is 38.0 Å². The molecule has 2 aliphatic heterocycles. The Bertz CT molecular complexity index is 520. The van der Waals surface area contributed by atoms with Crippen molar-refractivity contribution in [3.05, 3.63) is 0 Å². The molecule has 168 valence electrons.